The van der Waals surface area contributed by atoms with Crippen LogP contribution >= 0.6 is 98.5 Å². The highest BCUT2D eigenvalue weighted by Gasteiger charge is 2.38. The van der Waals surface area contributed by atoms with Gasteiger partial charge in [0, 0.05) is 197 Å². The molecule has 0 atom stereocenters. The van der Waals surface area contributed by atoms with Crippen molar-refractivity contribution in [3.8, 4) is 0 Å². The van der Waals surface area contributed by atoms with Gasteiger partial charge in [-0.15, -0.1) is 0 Å². The van der Waals surface area contributed by atoms with Gasteiger partial charge in [-0.2, -0.15) is 0 Å². The molecule has 18 nitrogen and oxygen atoms in total. The standard InChI is InChI=1S/C25H9Cl3N2O4.2C24H8Br2N2O4/c1-6-2-7-15-8(23(32)29-22(7)31)4-12(27)18-19-13(28)5-10-16-9(24(33)30-25(10)34)3-11(26)17(21(16)19)14(6)20(15)18;25-13-5-12-16-10(22(30)28-24(12)32)4-2-8-18-14(26)6-11-15-9(21(29)27-23(11)31)3-1-7(19(15)18)17(13)20(8)16;25-13-5-11-17-12(24(32)28-23(11)31)6-14(26)19-8-2-4-10-16-9(21(29)27-22(10)30)3-1-7(15(8)16)18(13)20(17)19/h2-5H,1H3,(H,29,31,32)(H,30,33,34);1-6H,(H,27,29,31)(H,28,30,32);1-6H,(H,27,29,30)(H,28,31,32). The number of aryl methyl sites for hydroxylation is 1. The molecule has 0 unspecified atom stereocenters. The van der Waals surface area contributed by atoms with E-state index in [1.54, 1.807) is 54.6 Å². The maximum atomic E-state index is 12.7. The number of nitrogens with one attached hydrogen (secondary N) is 6. The van der Waals surface area contributed by atoms with Crippen molar-refractivity contribution in [2.75, 3.05) is 0 Å². The molecule has 468 valence electrons. The average molecular weight is 1600 g/mol. The number of hydrogen-bond donors (Lipinski definition) is 6. The fourth-order valence-electron chi connectivity index (χ4n) is 16.0. The van der Waals surface area contributed by atoms with Gasteiger partial charge in [-0.05, 0) is 118 Å². The van der Waals surface area contributed by atoms with Crippen LogP contribution in [0.2, 0.25) is 15.1 Å². The Hall–Kier alpha value is -10.2. The summed E-state index contributed by atoms with van der Waals surface area (Å²) in [5.41, 5.74) is 5.30. The number of hydrogen-bond acceptors (Lipinski definition) is 12. The summed E-state index contributed by atoms with van der Waals surface area (Å²) in [5, 5.41) is 31.5. The Labute approximate surface area is 592 Å². The van der Waals surface area contributed by atoms with Crippen LogP contribution in [0, 0.1) is 6.92 Å². The molecular formula is C73H25Br4Cl3N6O12. The van der Waals surface area contributed by atoms with Crippen molar-refractivity contribution >= 4 is 299 Å². The maximum absolute atomic E-state index is 12.7. The number of carbonyl (C=O) groups excluding carboxylic acids is 12. The highest BCUT2D eigenvalue weighted by Crippen LogP contribution is 2.55. The molecular weight excluding hydrogens is 1580 g/mol. The van der Waals surface area contributed by atoms with Crippen molar-refractivity contribution in [2.45, 2.75) is 6.92 Å². The van der Waals surface area contributed by atoms with Crippen LogP contribution in [0.4, 0.5) is 0 Å². The van der Waals surface area contributed by atoms with Crippen molar-refractivity contribution in [3.05, 3.63) is 202 Å². The van der Waals surface area contributed by atoms with Crippen molar-refractivity contribution in [1.29, 1.82) is 0 Å². The van der Waals surface area contributed by atoms with Crippen LogP contribution in [-0.2, 0) is 0 Å². The van der Waals surface area contributed by atoms with Crippen LogP contribution in [0.15, 0.2) is 115 Å². The van der Waals surface area contributed by atoms with E-state index in [1.807, 2.05) is 31.2 Å². The zero-order valence-electron chi connectivity index (χ0n) is 48.8. The summed E-state index contributed by atoms with van der Waals surface area (Å²) in [4.78, 5) is 152. The quantitative estimate of drug-likeness (QED) is 0.0470. The first-order valence-corrected chi connectivity index (χ1v) is 33.8. The Morgan fingerprint density at radius 2 is 0.418 bits per heavy atom. The average Bonchev–Trinajstić information content (AvgIpc) is 0.688. The van der Waals surface area contributed by atoms with Gasteiger partial charge in [-0.3, -0.25) is 89.4 Å². The molecule has 12 amide bonds. The van der Waals surface area contributed by atoms with Gasteiger partial charge in [0.15, 0.2) is 0 Å². The van der Waals surface area contributed by atoms with Gasteiger partial charge >= 0.3 is 0 Å². The highest BCUT2D eigenvalue weighted by molar-refractivity contribution is 9.11. The predicted molar refractivity (Wildman–Crippen MR) is 384 cm³/mol. The fraction of sp³-hybridized carbons (Fsp3) is 0.0137. The van der Waals surface area contributed by atoms with Gasteiger partial charge in [0.05, 0.1) is 0 Å². The number of benzene rings is 15. The predicted octanol–water partition coefficient (Wildman–Crippen LogP) is 15.8. The second-order valence-electron chi connectivity index (χ2n) is 24.4. The smallest absolute Gasteiger partial charge is 0.258 e. The largest absolute Gasteiger partial charge is 0.288 e. The molecule has 6 aliphatic rings. The van der Waals surface area contributed by atoms with Gasteiger partial charge in [0.25, 0.3) is 70.9 Å². The van der Waals surface area contributed by atoms with Crippen molar-refractivity contribution in [1.82, 2.24) is 31.9 Å². The maximum Gasteiger partial charge on any atom is 0.258 e. The summed E-state index contributed by atoms with van der Waals surface area (Å²) in [6.45, 7) is 1.83. The molecule has 15 aromatic rings. The van der Waals surface area contributed by atoms with Gasteiger partial charge in [0.1, 0.15) is 0 Å². The molecule has 98 heavy (non-hydrogen) atoms. The monoisotopic (exact) mass is 1600 g/mol. The minimum Gasteiger partial charge on any atom is -0.288 e. The van der Waals surface area contributed by atoms with Crippen LogP contribution in [0.5, 0.6) is 0 Å². The van der Waals surface area contributed by atoms with E-state index >= 15 is 0 Å². The van der Waals surface area contributed by atoms with E-state index in [0.717, 1.165) is 70.2 Å². The third-order valence-corrected chi connectivity index (χ3v) is 23.1. The summed E-state index contributed by atoms with van der Waals surface area (Å²) in [5.74, 6) is -5.64. The first-order chi connectivity index (χ1) is 46.9. The van der Waals surface area contributed by atoms with Gasteiger partial charge < -0.3 is 0 Å². The van der Waals surface area contributed by atoms with Gasteiger partial charge in [-0.25, -0.2) is 0 Å². The van der Waals surface area contributed by atoms with E-state index in [1.165, 1.54) is 18.2 Å². The minimum atomic E-state index is -0.555. The van der Waals surface area contributed by atoms with E-state index in [0.29, 0.717) is 133 Å². The highest BCUT2D eigenvalue weighted by atomic mass is 79.9. The number of carbonyl (C=O) groups is 12. The molecule has 6 N–H and O–H groups in total. The fourth-order valence-corrected chi connectivity index (χ4v) is 19.5. The molecule has 21 rings (SSSR count). The third-order valence-electron chi connectivity index (χ3n) is 19.7. The molecule has 0 spiro atoms. The SMILES string of the molecule is Cc1cc2c3c(cc(Cl)c4c5c(Cl)cc6c7c(cc(Cl)c(c1c34)c75)C(=O)NC6=O)C(=O)NC2=O.O=C1NC(=O)c2cc(Br)c3c4ccc5c6c(cc(Br)c(c7ccc1c2c73)c64)C(=O)NC5=O.O=C1NC(=O)c2ccc3c4c(Br)cc5c6c(cc(Br)c(c7ccc1c2c73)c64)C(=O)NC5=O. The lowest BCUT2D eigenvalue weighted by atomic mass is 9.81. The summed E-state index contributed by atoms with van der Waals surface area (Å²) < 4.78 is 2.76. The molecule has 0 fully saturated rings. The Morgan fingerprint density at radius 3 is 0.724 bits per heavy atom. The zero-order valence-corrected chi connectivity index (χ0v) is 57.4. The van der Waals surface area contributed by atoms with Crippen LogP contribution < -0.4 is 31.9 Å². The third kappa shape index (κ3) is 7.35. The van der Waals surface area contributed by atoms with Crippen molar-refractivity contribution in [3.63, 3.8) is 0 Å². The molecule has 0 radical (unpaired) electrons. The van der Waals surface area contributed by atoms with E-state index in [-0.39, 0.29) is 31.8 Å². The lowest BCUT2D eigenvalue weighted by Gasteiger charge is -2.26. The Bertz CT molecular complexity index is 6350. The molecule has 0 bridgehead atoms. The van der Waals surface area contributed by atoms with Crippen molar-refractivity contribution in [2.24, 2.45) is 0 Å². The lowest BCUT2D eigenvalue weighted by molar-refractivity contribution is 0.0828. The van der Waals surface area contributed by atoms with E-state index < -0.39 is 70.9 Å². The number of amides is 12. The van der Waals surface area contributed by atoms with E-state index in [9.17, 15) is 57.5 Å². The normalized spacial score (nSPS) is 15.3. The Morgan fingerprint density at radius 1 is 0.214 bits per heavy atom. The topological polar surface area (TPSA) is 277 Å². The molecule has 0 aromatic heterocycles. The van der Waals surface area contributed by atoms with E-state index in [2.05, 4.69) is 95.6 Å². The number of fused-ring (bicyclic) bond motifs is 6. The molecule has 0 saturated carbocycles. The first-order valence-electron chi connectivity index (χ1n) is 29.5. The van der Waals surface area contributed by atoms with Crippen LogP contribution in [0.1, 0.15) is 130 Å². The lowest BCUT2D eigenvalue weighted by Crippen LogP contribution is -2.35. The number of halogens is 7. The van der Waals surface area contributed by atoms with Crippen LogP contribution in [0.3, 0.4) is 0 Å². The van der Waals surface area contributed by atoms with Crippen molar-refractivity contribution < 1.29 is 57.5 Å². The second-order valence-corrected chi connectivity index (χ2v) is 29.1. The first kappa shape index (κ1) is 59.1. The Balaban J connectivity index is 0.000000103. The summed E-state index contributed by atoms with van der Waals surface area (Å²) >= 11 is 34.8. The minimum absolute atomic E-state index is 0.235. The molecule has 0 saturated heterocycles. The van der Waals surface area contributed by atoms with Gasteiger partial charge in [0.2, 0.25) is 0 Å². The molecule has 15 aromatic carbocycles. The summed E-state index contributed by atoms with van der Waals surface area (Å²) in [6.07, 6.45) is 0. The molecule has 6 heterocycles. The van der Waals surface area contributed by atoms with Gasteiger partial charge in [-0.1, -0.05) is 123 Å². The van der Waals surface area contributed by atoms with Crippen LogP contribution in [0.25, 0.3) is 129 Å². The number of imide groups is 6. The summed E-state index contributed by atoms with van der Waals surface area (Å²) in [6, 6.07) is 27.4. The molecule has 6 aliphatic heterocycles. The number of rotatable bonds is 0. The van der Waals surface area contributed by atoms with E-state index in [4.69, 9.17) is 34.8 Å². The zero-order chi connectivity index (χ0) is 67.9. The van der Waals surface area contributed by atoms with Crippen LogP contribution in [-0.4, -0.2) is 70.9 Å². The second kappa shape index (κ2) is 19.8. The summed E-state index contributed by atoms with van der Waals surface area (Å²) in [7, 11) is 0. The Kier molecular flexibility index (Phi) is 11.9. The molecule has 0 aliphatic carbocycles. The molecule has 25 heteroatoms.